The van der Waals surface area contributed by atoms with Crippen molar-refractivity contribution in [3.05, 3.63) is 11.2 Å². The first kappa shape index (κ1) is 15.0. The largest absolute Gasteiger partial charge is 0.382 e. The van der Waals surface area contributed by atoms with Crippen molar-refractivity contribution in [2.24, 2.45) is 0 Å². The normalized spacial score (nSPS) is 11.4. The monoisotopic (exact) mass is 272 g/mol. The summed E-state index contributed by atoms with van der Waals surface area (Å²) in [4.78, 5) is 8.48. The molecule has 0 saturated heterocycles. The average Bonchev–Trinajstić information content (AvgIpc) is 2.29. The predicted octanol–water partition coefficient (Wildman–Crippen LogP) is 2.79. The van der Waals surface area contributed by atoms with E-state index < -0.39 is 0 Å². The summed E-state index contributed by atoms with van der Waals surface area (Å²) < 4.78 is 5.15. The summed E-state index contributed by atoms with van der Waals surface area (Å²) in [6, 6.07) is 0. The van der Waals surface area contributed by atoms with E-state index in [0.717, 1.165) is 13.0 Å². The molecule has 0 bridgehead atoms. The first-order valence-corrected chi connectivity index (χ1v) is 6.40. The van der Waals surface area contributed by atoms with E-state index in [0.29, 0.717) is 23.4 Å². The molecule has 5 nitrogen and oxygen atoms in total. The van der Waals surface area contributed by atoms with Crippen LogP contribution in [0.25, 0.3) is 0 Å². The van der Waals surface area contributed by atoms with Crippen LogP contribution in [0.4, 0.5) is 11.8 Å². The second-order valence-electron chi connectivity index (χ2n) is 4.76. The van der Waals surface area contributed by atoms with E-state index in [-0.39, 0.29) is 5.54 Å². The van der Waals surface area contributed by atoms with Crippen LogP contribution >= 0.6 is 11.6 Å². The summed E-state index contributed by atoms with van der Waals surface area (Å²) in [5.41, 5.74) is -0.241. The Morgan fingerprint density at radius 2 is 2.17 bits per heavy atom. The first-order chi connectivity index (χ1) is 8.48. The van der Waals surface area contributed by atoms with Gasteiger partial charge >= 0.3 is 0 Å². The van der Waals surface area contributed by atoms with Gasteiger partial charge in [0.2, 0.25) is 5.95 Å². The Morgan fingerprint density at radius 3 is 2.78 bits per heavy atom. The predicted molar refractivity (Wildman–Crippen MR) is 75.4 cm³/mol. The zero-order valence-corrected chi connectivity index (χ0v) is 12.1. The molecule has 0 spiro atoms. The van der Waals surface area contributed by atoms with Gasteiger partial charge in [0.25, 0.3) is 0 Å². The van der Waals surface area contributed by atoms with Crippen LogP contribution < -0.4 is 10.6 Å². The van der Waals surface area contributed by atoms with Crippen molar-refractivity contribution in [2.75, 3.05) is 30.9 Å². The third-order valence-corrected chi connectivity index (χ3v) is 2.52. The molecule has 18 heavy (non-hydrogen) atoms. The number of nitrogens with zero attached hydrogens (tertiary/aromatic N) is 2. The van der Waals surface area contributed by atoms with Crippen LogP contribution in [-0.2, 0) is 4.74 Å². The number of anilines is 2. The SMILES string of the molecule is CCCNc1ncc(Cl)c(NC(C)(C)COC)n1. The van der Waals surface area contributed by atoms with Gasteiger partial charge in [-0.2, -0.15) is 4.98 Å². The van der Waals surface area contributed by atoms with Crippen molar-refractivity contribution in [2.45, 2.75) is 32.7 Å². The summed E-state index contributed by atoms with van der Waals surface area (Å²) in [7, 11) is 1.67. The minimum atomic E-state index is -0.241. The second-order valence-corrected chi connectivity index (χ2v) is 5.17. The van der Waals surface area contributed by atoms with Gasteiger partial charge in [-0.05, 0) is 20.3 Å². The number of rotatable bonds is 7. The molecule has 1 rings (SSSR count). The van der Waals surface area contributed by atoms with Gasteiger partial charge in [0.15, 0.2) is 5.82 Å². The second kappa shape index (κ2) is 6.75. The van der Waals surface area contributed by atoms with Crippen molar-refractivity contribution >= 4 is 23.4 Å². The third kappa shape index (κ3) is 4.66. The fraction of sp³-hybridized carbons (Fsp3) is 0.667. The van der Waals surface area contributed by atoms with E-state index in [4.69, 9.17) is 16.3 Å². The molecule has 0 aliphatic rings. The quantitative estimate of drug-likeness (QED) is 0.799. The molecule has 0 saturated carbocycles. The van der Waals surface area contributed by atoms with Gasteiger partial charge in [0.05, 0.1) is 18.3 Å². The minimum absolute atomic E-state index is 0.241. The molecule has 102 valence electrons. The highest BCUT2D eigenvalue weighted by atomic mass is 35.5. The van der Waals surface area contributed by atoms with Crippen LogP contribution in [0, 0.1) is 0 Å². The maximum absolute atomic E-state index is 6.08. The highest BCUT2D eigenvalue weighted by Crippen LogP contribution is 2.23. The zero-order valence-electron chi connectivity index (χ0n) is 11.4. The lowest BCUT2D eigenvalue weighted by molar-refractivity contribution is 0.158. The Kier molecular flexibility index (Phi) is 5.62. The molecule has 0 unspecified atom stereocenters. The molecule has 0 aromatic carbocycles. The van der Waals surface area contributed by atoms with E-state index in [2.05, 4.69) is 27.5 Å². The highest BCUT2D eigenvalue weighted by molar-refractivity contribution is 6.32. The molecular formula is C12H21ClN4O. The topological polar surface area (TPSA) is 59.1 Å². The summed E-state index contributed by atoms with van der Waals surface area (Å²) >= 11 is 6.08. The summed E-state index contributed by atoms with van der Waals surface area (Å²) in [6.45, 7) is 7.53. The standard InChI is InChI=1S/C12H21ClN4O/c1-5-6-14-11-15-7-9(13)10(16-11)17-12(2,3)8-18-4/h7H,5-6,8H2,1-4H3,(H2,14,15,16,17). The Labute approximate surface area is 113 Å². The molecule has 0 amide bonds. The molecule has 0 fully saturated rings. The highest BCUT2D eigenvalue weighted by Gasteiger charge is 2.19. The Morgan fingerprint density at radius 1 is 1.44 bits per heavy atom. The van der Waals surface area contributed by atoms with Crippen molar-refractivity contribution in [3.8, 4) is 0 Å². The van der Waals surface area contributed by atoms with Crippen LogP contribution in [0.5, 0.6) is 0 Å². The van der Waals surface area contributed by atoms with Crippen molar-refractivity contribution in [1.29, 1.82) is 0 Å². The van der Waals surface area contributed by atoms with Gasteiger partial charge in [-0.1, -0.05) is 18.5 Å². The lowest BCUT2D eigenvalue weighted by Crippen LogP contribution is -2.36. The van der Waals surface area contributed by atoms with Gasteiger partial charge in [-0.15, -0.1) is 0 Å². The van der Waals surface area contributed by atoms with E-state index in [9.17, 15) is 0 Å². The number of ether oxygens (including phenoxy) is 1. The number of halogens is 1. The smallest absolute Gasteiger partial charge is 0.224 e. The number of hydrogen-bond acceptors (Lipinski definition) is 5. The fourth-order valence-electron chi connectivity index (χ4n) is 1.49. The molecular weight excluding hydrogens is 252 g/mol. The molecule has 0 aliphatic carbocycles. The lowest BCUT2D eigenvalue weighted by Gasteiger charge is -2.26. The molecule has 2 N–H and O–H groups in total. The Balaban J connectivity index is 2.80. The molecule has 1 aromatic rings. The number of hydrogen-bond donors (Lipinski definition) is 2. The van der Waals surface area contributed by atoms with Crippen molar-refractivity contribution < 1.29 is 4.74 Å². The molecule has 0 radical (unpaired) electrons. The molecule has 1 heterocycles. The van der Waals surface area contributed by atoms with Gasteiger partial charge in [0.1, 0.15) is 5.02 Å². The lowest BCUT2D eigenvalue weighted by atomic mass is 10.1. The number of methoxy groups -OCH3 is 1. The maximum Gasteiger partial charge on any atom is 0.224 e. The van der Waals surface area contributed by atoms with Gasteiger partial charge < -0.3 is 15.4 Å². The Bertz CT molecular complexity index is 384. The van der Waals surface area contributed by atoms with Gasteiger partial charge in [0, 0.05) is 13.7 Å². The fourth-order valence-corrected chi connectivity index (χ4v) is 1.63. The third-order valence-electron chi connectivity index (χ3n) is 2.24. The van der Waals surface area contributed by atoms with Crippen LogP contribution in [0.2, 0.25) is 5.02 Å². The summed E-state index contributed by atoms with van der Waals surface area (Å²) in [5, 5.41) is 6.88. The van der Waals surface area contributed by atoms with Gasteiger partial charge in [-0.3, -0.25) is 0 Å². The zero-order chi connectivity index (χ0) is 13.6. The minimum Gasteiger partial charge on any atom is -0.382 e. The Hall–Kier alpha value is -1.07. The number of nitrogens with one attached hydrogen (secondary N) is 2. The van der Waals surface area contributed by atoms with Gasteiger partial charge in [-0.25, -0.2) is 4.98 Å². The van der Waals surface area contributed by atoms with E-state index in [1.54, 1.807) is 13.3 Å². The molecule has 6 heteroatoms. The average molecular weight is 273 g/mol. The summed E-state index contributed by atoms with van der Waals surface area (Å²) in [6.07, 6.45) is 2.61. The molecule has 1 aromatic heterocycles. The summed E-state index contributed by atoms with van der Waals surface area (Å²) in [5.74, 6) is 1.20. The van der Waals surface area contributed by atoms with Crippen molar-refractivity contribution in [1.82, 2.24) is 9.97 Å². The van der Waals surface area contributed by atoms with Crippen molar-refractivity contribution in [3.63, 3.8) is 0 Å². The molecule has 0 aliphatic heterocycles. The van der Waals surface area contributed by atoms with Crippen LogP contribution in [-0.4, -0.2) is 35.8 Å². The van der Waals surface area contributed by atoms with Crippen LogP contribution in [0.3, 0.4) is 0 Å². The van der Waals surface area contributed by atoms with Crippen LogP contribution in [0.15, 0.2) is 6.20 Å². The van der Waals surface area contributed by atoms with Crippen LogP contribution in [0.1, 0.15) is 27.2 Å². The van der Waals surface area contributed by atoms with E-state index >= 15 is 0 Å². The van der Waals surface area contributed by atoms with E-state index in [1.165, 1.54) is 0 Å². The maximum atomic E-state index is 6.08. The molecule has 0 atom stereocenters. The van der Waals surface area contributed by atoms with E-state index in [1.807, 2.05) is 13.8 Å². The first-order valence-electron chi connectivity index (χ1n) is 6.02. The number of aromatic nitrogens is 2.